The van der Waals surface area contributed by atoms with Crippen molar-refractivity contribution in [3.63, 3.8) is 0 Å². The highest BCUT2D eigenvalue weighted by Gasteiger charge is 2.26. The Balaban J connectivity index is 2.01. The van der Waals surface area contributed by atoms with Crippen molar-refractivity contribution in [1.29, 1.82) is 5.26 Å². The van der Waals surface area contributed by atoms with Crippen LogP contribution in [0.4, 0.5) is 0 Å². The van der Waals surface area contributed by atoms with Gasteiger partial charge in [0.15, 0.2) is 11.5 Å². The van der Waals surface area contributed by atoms with Crippen molar-refractivity contribution in [1.82, 2.24) is 0 Å². The van der Waals surface area contributed by atoms with Gasteiger partial charge in [-0.1, -0.05) is 0 Å². The van der Waals surface area contributed by atoms with Gasteiger partial charge in [0, 0.05) is 0 Å². The van der Waals surface area contributed by atoms with E-state index < -0.39 is 0 Å². The average molecular weight is 335 g/mol. The predicted molar refractivity (Wildman–Crippen MR) is 90.8 cm³/mol. The van der Waals surface area contributed by atoms with Crippen molar-refractivity contribution in [2.75, 3.05) is 54.1 Å². The molecule has 1 heterocycles. The van der Waals surface area contributed by atoms with Gasteiger partial charge in [0.2, 0.25) is 5.75 Å². The summed E-state index contributed by atoms with van der Waals surface area (Å²) in [4.78, 5) is 3.07. The van der Waals surface area contributed by atoms with E-state index in [1.807, 2.05) is 13.0 Å². The van der Waals surface area contributed by atoms with Gasteiger partial charge in [-0.25, -0.2) is 0 Å². The van der Waals surface area contributed by atoms with E-state index in [4.69, 9.17) is 19.5 Å². The number of ether oxygens (including phenoxy) is 3. The number of hydrogen-bond acceptors (Lipinski definition) is 4. The van der Waals surface area contributed by atoms with Crippen LogP contribution in [0.5, 0.6) is 17.2 Å². The predicted octanol–water partition coefficient (Wildman–Crippen LogP) is -0.845. The smallest absolute Gasteiger partial charge is 0.203 e. The first-order valence-corrected chi connectivity index (χ1v) is 8.47. The Hall–Kier alpha value is -1.97. The molecule has 0 radical (unpaired) electrons. The molecule has 6 heteroatoms. The number of hydrogen-bond donors (Lipinski definition) is 2. The van der Waals surface area contributed by atoms with E-state index in [9.17, 15) is 0 Å². The molecule has 0 unspecified atom stereocenters. The van der Waals surface area contributed by atoms with E-state index in [1.54, 1.807) is 21.3 Å². The first kappa shape index (κ1) is 18.4. The normalized spacial score (nSPS) is 21.6. The molecule has 1 fully saturated rings. The van der Waals surface area contributed by atoms with Gasteiger partial charge in [-0.15, -0.1) is 0 Å². The summed E-state index contributed by atoms with van der Waals surface area (Å²) < 4.78 is 16.4. The zero-order valence-electron chi connectivity index (χ0n) is 15.1. The van der Waals surface area contributed by atoms with Gasteiger partial charge in [0.05, 0.1) is 45.4 Å². The fourth-order valence-electron chi connectivity index (χ4n) is 3.39. The second-order valence-electron chi connectivity index (χ2n) is 6.40. The van der Waals surface area contributed by atoms with Crippen LogP contribution in [0.15, 0.2) is 12.1 Å². The number of rotatable bonds is 7. The van der Waals surface area contributed by atoms with Gasteiger partial charge in [0.1, 0.15) is 32.7 Å². The second-order valence-corrected chi connectivity index (χ2v) is 6.40. The highest BCUT2D eigenvalue weighted by atomic mass is 16.5. The maximum Gasteiger partial charge on any atom is 0.203 e. The molecule has 0 spiro atoms. The quantitative estimate of drug-likeness (QED) is 0.682. The third-order valence-corrected chi connectivity index (χ3v) is 4.71. The summed E-state index contributed by atoms with van der Waals surface area (Å²) in [6.07, 6.45) is 0. The second kappa shape index (κ2) is 8.76. The summed E-state index contributed by atoms with van der Waals surface area (Å²) in [6, 6.07) is 6.33. The van der Waals surface area contributed by atoms with E-state index in [-0.39, 0.29) is 5.92 Å². The van der Waals surface area contributed by atoms with Crippen LogP contribution in [0, 0.1) is 17.2 Å². The molecule has 1 aliphatic heterocycles. The standard InChI is InChI=1S/C18H27N3O3/c1-14(11-19)12-20-7-9-21(10-8-20)13-15-5-6-16(22-2)18(24-4)17(15)23-3/h5-6,14H,7-10,12-13H2,1-4H3/p+2/t14-/m1/s1. The maximum absolute atomic E-state index is 8.96. The Labute approximate surface area is 144 Å². The zero-order chi connectivity index (χ0) is 17.5. The van der Waals surface area contributed by atoms with Crippen LogP contribution in [0.3, 0.4) is 0 Å². The molecule has 132 valence electrons. The molecule has 1 aromatic rings. The minimum atomic E-state index is 0.132. The number of methoxy groups -OCH3 is 3. The van der Waals surface area contributed by atoms with E-state index in [0.717, 1.165) is 50.6 Å². The number of benzene rings is 1. The molecule has 1 aromatic carbocycles. The van der Waals surface area contributed by atoms with Crippen molar-refractivity contribution < 1.29 is 24.0 Å². The first-order valence-electron chi connectivity index (χ1n) is 8.47. The number of nitrogens with zero attached hydrogens (tertiary/aromatic N) is 1. The van der Waals surface area contributed by atoms with Gasteiger partial charge in [-0.05, 0) is 19.1 Å². The van der Waals surface area contributed by atoms with Gasteiger partial charge in [-0.2, -0.15) is 5.26 Å². The molecule has 0 saturated carbocycles. The summed E-state index contributed by atoms with van der Waals surface area (Å²) in [5.74, 6) is 2.24. The zero-order valence-corrected chi connectivity index (χ0v) is 15.1. The molecule has 6 nitrogen and oxygen atoms in total. The van der Waals surface area contributed by atoms with Gasteiger partial charge < -0.3 is 24.0 Å². The molecule has 0 bridgehead atoms. The topological polar surface area (TPSA) is 60.4 Å². The molecule has 0 aliphatic carbocycles. The lowest BCUT2D eigenvalue weighted by Crippen LogP contribution is -3.27. The monoisotopic (exact) mass is 335 g/mol. The van der Waals surface area contributed by atoms with Crippen molar-refractivity contribution in [2.24, 2.45) is 5.92 Å². The van der Waals surface area contributed by atoms with Crippen LogP contribution < -0.4 is 24.0 Å². The fourth-order valence-corrected chi connectivity index (χ4v) is 3.39. The van der Waals surface area contributed by atoms with Gasteiger partial charge >= 0.3 is 0 Å². The third-order valence-electron chi connectivity index (χ3n) is 4.71. The molecule has 24 heavy (non-hydrogen) atoms. The Morgan fingerprint density at radius 1 is 1.00 bits per heavy atom. The van der Waals surface area contributed by atoms with E-state index in [1.165, 1.54) is 9.80 Å². The van der Waals surface area contributed by atoms with Crippen LogP contribution in [0.2, 0.25) is 0 Å². The Kier molecular flexibility index (Phi) is 6.71. The van der Waals surface area contributed by atoms with E-state index in [0.29, 0.717) is 11.5 Å². The Morgan fingerprint density at radius 3 is 2.17 bits per heavy atom. The van der Waals surface area contributed by atoms with Crippen LogP contribution in [0.1, 0.15) is 12.5 Å². The lowest BCUT2D eigenvalue weighted by molar-refractivity contribution is -1.02. The molecular weight excluding hydrogens is 306 g/mol. The molecule has 1 atom stereocenters. The highest BCUT2D eigenvalue weighted by molar-refractivity contribution is 5.55. The van der Waals surface area contributed by atoms with E-state index >= 15 is 0 Å². The highest BCUT2D eigenvalue weighted by Crippen LogP contribution is 2.39. The SMILES string of the molecule is COc1ccc(C[NH+]2CC[NH+](C[C@H](C)C#N)CC2)c(OC)c1OC. The fraction of sp³-hybridized carbons (Fsp3) is 0.611. The minimum Gasteiger partial charge on any atom is -0.493 e. The van der Waals surface area contributed by atoms with Crippen molar-refractivity contribution in [3.05, 3.63) is 17.7 Å². The Bertz CT molecular complexity index is 578. The minimum absolute atomic E-state index is 0.132. The van der Waals surface area contributed by atoms with Gasteiger partial charge in [0.25, 0.3) is 0 Å². The summed E-state index contributed by atoms with van der Waals surface area (Å²) in [6.45, 7) is 8.28. The summed E-state index contributed by atoms with van der Waals surface area (Å²) in [5, 5.41) is 8.96. The molecule has 1 saturated heterocycles. The van der Waals surface area contributed by atoms with Crippen molar-refractivity contribution in [2.45, 2.75) is 13.5 Å². The summed E-state index contributed by atoms with van der Waals surface area (Å²) in [5.41, 5.74) is 1.14. The van der Waals surface area contributed by atoms with Crippen LogP contribution >= 0.6 is 0 Å². The first-order chi connectivity index (χ1) is 11.6. The molecule has 2 rings (SSSR count). The van der Waals surface area contributed by atoms with Crippen LogP contribution in [-0.4, -0.2) is 54.1 Å². The summed E-state index contributed by atoms with van der Waals surface area (Å²) >= 11 is 0. The molecular formula is C18H29N3O3+2. The molecule has 0 aromatic heterocycles. The Morgan fingerprint density at radius 2 is 1.62 bits per heavy atom. The van der Waals surface area contributed by atoms with Crippen molar-refractivity contribution >= 4 is 0 Å². The van der Waals surface area contributed by atoms with Crippen LogP contribution in [0.25, 0.3) is 0 Å². The largest absolute Gasteiger partial charge is 0.493 e. The van der Waals surface area contributed by atoms with E-state index in [2.05, 4.69) is 12.1 Å². The number of nitrogens with one attached hydrogen (secondary N) is 2. The van der Waals surface area contributed by atoms with Gasteiger partial charge in [-0.3, -0.25) is 0 Å². The lowest BCUT2D eigenvalue weighted by atomic mass is 10.1. The van der Waals surface area contributed by atoms with Crippen molar-refractivity contribution in [3.8, 4) is 23.3 Å². The molecule has 2 N–H and O–H groups in total. The number of piperazine rings is 1. The molecule has 0 amide bonds. The lowest BCUT2D eigenvalue weighted by Gasteiger charge is -2.30. The molecule has 1 aliphatic rings. The number of nitriles is 1. The summed E-state index contributed by atoms with van der Waals surface area (Å²) in [7, 11) is 4.93. The maximum atomic E-state index is 8.96. The average Bonchev–Trinajstić information content (AvgIpc) is 2.62. The van der Waals surface area contributed by atoms with Crippen LogP contribution in [-0.2, 0) is 6.54 Å². The number of quaternary nitrogens is 2. The third kappa shape index (κ3) is 4.31.